The van der Waals surface area contributed by atoms with Crippen LogP contribution < -0.4 is 10.1 Å². The van der Waals surface area contributed by atoms with E-state index < -0.39 is 6.10 Å². The van der Waals surface area contributed by atoms with Gasteiger partial charge in [-0.25, -0.2) is 0 Å². The van der Waals surface area contributed by atoms with Gasteiger partial charge in [-0.3, -0.25) is 9.69 Å². The summed E-state index contributed by atoms with van der Waals surface area (Å²) in [6, 6.07) is 21.0. The summed E-state index contributed by atoms with van der Waals surface area (Å²) in [6.45, 7) is 3.19. The van der Waals surface area contributed by atoms with Crippen molar-refractivity contribution >= 4 is 16.7 Å². The summed E-state index contributed by atoms with van der Waals surface area (Å²) >= 11 is 0. The Hall–Kier alpha value is -2.93. The first-order valence-electron chi connectivity index (χ1n) is 11.0. The lowest BCUT2D eigenvalue weighted by molar-refractivity contribution is -0.124. The first-order chi connectivity index (χ1) is 15.5. The van der Waals surface area contributed by atoms with Gasteiger partial charge in [0.25, 0.3) is 0 Å². The van der Waals surface area contributed by atoms with E-state index in [2.05, 4.69) is 66.8 Å². The fourth-order valence-corrected chi connectivity index (χ4v) is 4.15. The molecule has 0 bridgehead atoms. The van der Waals surface area contributed by atoms with E-state index in [0.29, 0.717) is 19.6 Å². The maximum atomic E-state index is 11.5. The predicted octanol–water partition coefficient (Wildman–Crippen LogP) is 2.74. The lowest BCUT2D eigenvalue weighted by atomic mass is 9.97. The Balaban J connectivity index is 1.46. The number of hydrogen-bond acceptors (Lipinski definition) is 5. The zero-order valence-electron chi connectivity index (χ0n) is 18.8. The number of nitrogens with one attached hydrogen (secondary N) is 1. The molecule has 1 fully saturated rings. The highest BCUT2D eigenvalue weighted by Crippen LogP contribution is 2.29. The van der Waals surface area contributed by atoms with Gasteiger partial charge in [-0.2, -0.15) is 0 Å². The molecule has 1 aliphatic rings. The molecule has 0 aliphatic carbocycles. The number of aliphatic hydroxyl groups excluding tert-OH is 1. The number of benzene rings is 3. The molecule has 1 heterocycles. The lowest BCUT2D eigenvalue weighted by Crippen LogP contribution is -2.50. The Labute approximate surface area is 189 Å². The summed E-state index contributed by atoms with van der Waals surface area (Å²) in [5, 5.41) is 15.4. The molecule has 2 N–H and O–H groups in total. The normalized spacial score (nSPS) is 15.7. The molecule has 1 unspecified atom stereocenters. The van der Waals surface area contributed by atoms with E-state index in [9.17, 15) is 9.90 Å². The highest BCUT2D eigenvalue weighted by molar-refractivity contribution is 5.88. The Kier molecular flexibility index (Phi) is 7.05. The Morgan fingerprint density at radius 1 is 1.09 bits per heavy atom. The molecule has 0 radical (unpaired) electrons. The van der Waals surface area contributed by atoms with Crippen LogP contribution in [0.15, 0.2) is 60.7 Å². The average molecular weight is 434 g/mol. The summed E-state index contributed by atoms with van der Waals surface area (Å²) in [4.78, 5) is 15.6. The van der Waals surface area contributed by atoms with Gasteiger partial charge in [-0.05, 0) is 59.8 Å². The molecule has 32 heavy (non-hydrogen) atoms. The predicted molar refractivity (Wildman–Crippen MR) is 128 cm³/mol. The van der Waals surface area contributed by atoms with E-state index in [1.165, 1.54) is 16.7 Å². The Bertz CT molecular complexity index is 1080. The molecule has 1 atom stereocenters. The SMILES string of the molecule is CN(C)Cc1ccccc1-c1ccc2ccc(OCC(O)CN3CCNC(=O)C3)cc2c1. The summed E-state index contributed by atoms with van der Waals surface area (Å²) in [7, 11) is 4.16. The maximum Gasteiger partial charge on any atom is 0.234 e. The van der Waals surface area contributed by atoms with Crippen LogP contribution in [0.2, 0.25) is 0 Å². The number of hydrogen-bond donors (Lipinski definition) is 2. The fraction of sp³-hybridized carbons (Fsp3) is 0.346. The number of piperazine rings is 1. The molecule has 3 aromatic carbocycles. The third-order valence-corrected chi connectivity index (χ3v) is 5.66. The number of carbonyl (C=O) groups is 1. The quantitative estimate of drug-likeness (QED) is 0.572. The van der Waals surface area contributed by atoms with Gasteiger partial charge in [0.1, 0.15) is 18.5 Å². The zero-order valence-corrected chi connectivity index (χ0v) is 18.8. The number of β-amino-alcohol motifs (C(OH)–C–C–N with tert-alkyl or cyclic N) is 1. The average Bonchev–Trinajstić information content (AvgIpc) is 2.77. The van der Waals surface area contributed by atoms with Gasteiger partial charge in [0, 0.05) is 26.2 Å². The molecule has 1 saturated heterocycles. The largest absolute Gasteiger partial charge is 0.491 e. The van der Waals surface area contributed by atoms with Crippen LogP contribution in [0.4, 0.5) is 0 Å². The van der Waals surface area contributed by atoms with E-state index in [4.69, 9.17) is 4.74 Å². The number of amides is 1. The van der Waals surface area contributed by atoms with Gasteiger partial charge >= 0.3 is 0 Å². The van der Waals surface area contributed by atoms with Crippen molar-refractivity contribution in [3.05, 3.63) is 66.2 Å². The Morgan fingerprint density at radius 2 is 1.91 bits per heavy atom. The van der Waals surface area contributed by atoms with Crippen molar-refractivity contribution in [2.24, 2.45) is 0 Å². The standard InChI is InChI=1S/C26H31N3O3/c1-28(2)15-21-5-3-4-6-25(21)20-8-7-19-9-10-24(14-22(19)13-20)32-18-23(30)16-29-12-11-27-26(31)17-29/h3-10,13-14,23,30H,11-12,15-18H2,1-2H3,(H,27,31). The second-order valence-electron chi connectivity index (χ2n) is 8.67. The number of nitrogens with zero attached hydrogens (tertiary/aromatic N) is 2. The van der Waals surface area contributed by atoms with E-state index in [1.54, 1.807) is 0 Å². The second kappa shape index (κ2) is 10.1. The topological polar surface area (TPSA) is 65.0 Å². The van der Waals surface area contributed by atoms with E-state index >= 15 is 0 Å². The number of fused-ring (bicyclic) bond motifs is 1. The van der Waals surface area contributed by atoms with Crippen molar-refractivity contribution in [2.45, 2.75) is 12.6 Å². The number of rotatable bonds is 8. The molecule has 3 aromatic rings. The number of ether oxygens (including phenoxy) is 1. The molecule has 168 valence electrons. The minimum atomic E-state index is -0.652. The van der Waals surface area contributed by atoms with Gasteiger partial charge in [0.05, 0.1) is 6.54 Å². The maximum absolute atomic E-state index is 11.5. The lowest BCUT2D eigenvalue weighted by Gasteiger charge is -2.28. The smallest absolute Gasteiger partial charge is 0.234 e. The van der Waals surface area contributed by atoms with Gasteiger partial charge in [0.2, 0.25) is 5.91 Å². The van der Waals surface area contributed by atoms with E-state index in [1.807, 2.05) is 23.1 Å². The molecule has 0 spiro atoms. The minimum Gasteiger partial charge on any atom is -0.491 e. The van der Waals surface area contributed by atoms with Crippen LogP contribution in [0.3, 0.4) is 0 Å². The molecule has 0 aromatic heterocycles. The van der Waals surface area contributed by atoms with Crippen molar-refractivity contribution < 1.29 is 14.6 Å². The summed E-state index contributed by atoms with van der Waals surface area (Å²) in [5.74, 6) is 0.730. The van der Waals surface area contributed by atoms with Crippen molar-refractivity contribution in [3.8, 4) is 16.9 Å². The van der Waals surface area contributed by atoms with Gasteiger partial charge < -0.3 is 20.1 Å². The highest BCUT2D eigenvalue weighted by atomic mass is 16.5. The molecular weight excluding hydrogens is 402 g/mol. The molecular formula is C26H31N3O3. The monoisotopic (exact) mass is 433 g/mol. The molecule has 4 rings (SSSR count). The van der Waals surface area contributed by atoms with Crippen LogP contribution in [0.25, 0.3) is 21.9 Å². The summed E-state index contributed by atoms with van der Waals surface area (Å²) in [6.07, 6.45) is -0.652. The van der Waals surface area contributed by atoms with Crippen molar-refractivity contribution in [3.63, 3.8) is 0 Å². The summed E-state index contributed by atoms with van der Waals surface area (Å²) in [5.41, 5.74) is 3.70. The first-order valence-corrected chi connectivity index (χ1v) is 11.0. The van der Waals surface area contributed by atoms with Crippen LogP contribution in [-0.4, -0.2) is 73.8 Å². The van der Waals surface area contributed by atoms with Gasteiger partial charge in [0.15, 0.2) is 0 Å². The van der Waals surface area contributed by atoms with Crippen LogP contribution in [-0.2, 0) is 11.3 Å². The third-order valence-electron chi connectivity index (χ3n) is 5.66. The number of aliphatic hydroxyl groups is 1. The van der Waals surface area contributed by atoms with Crippen molar-refractivity contribution in [1.82, 2.24) is 15.1 Å². The van der Waals surface area contributed by atoms with Gasteiger partial charge in [-0.15, -0.1) is 0 Å². The van der Waals surface area contributed by atoms with Crippen LogP contribution in [0, 0.1) is 0 Å². The minimum absolute atomic E-state index is 0.00172. The van der Waals surface area contributed by atoms with Crippen LogP contribution in [0.5, 0.6) is 5.75 Å². The third kappa shape index (κ3) is 5.65. The van der Waals surface area contributed by atoms with E-state index in [-0.39, 0.29) is 12.5 Å². The summed E-state index contributed by atoms with van der Waals surface area (Å²) < 4.78 is 5.88. The molecule has 1 aliphatic heterocycles. The van der Waals surface area contributed by atoms with Crippen molar-refractivity contribution in [1.29, 1.82) is 0 Å². The second-order valence-corrected chi connectivity index (χ2v) is 8.67. The van der Waals surface area contributed by atoms with Crippen LogP contribution in [0.1, 0.15) is 5.56 Å². The van der Waals surface area contributed by atoms with E-state index in [0.717, 1.165) is 29.6 Å². The molecule has 1 amide bonds. The Morgan fingerprint density at radius 3 is 2.72 bits per heavy atom. The van der Waals surface area contributed by atoms with Gasteiger partial charge in [-0.1, -0.05) is 42.5 Å². The molecule has 6 heteroatoms. The van der Waals surface area contributed by atoms with Crippen LogP contribution >= 0.6 is 0 Å². The fourth-order valence-electron chi connectivity index (χ4n) is 4.15. The highest BCUT2D eigenvalue weighted by Gasteiger charge is 2.19. The molecule has 6 nitrogen and oxygen atoms in total. The number of carbonyl (C=O) groups excluding carboxylic acids is 1. The molecule has 0 saturated carbocycles. The first kappa shape index (κ1) is 22.3. The zero-order chi connectivity index (χ0) is 22.5. The van der Waals surface area contributed by atoms with Crippen molar-refractivity contribution in [2.75, 3.05) is 46.9 Å².